The molecule has 0 amide bonds. The van der Waals surface area contributed by atoms with Gasteiger partial charge in [0.2, 0.25) is 0 Å². The summed E-state index contributed by atoms with van der Waals surface area (Å²) in [4.78, 5) is 10.4. The Balaban J connectivity index is 2.87. The first kappa shape index (κ1) is 15.6. The molecule has 106 valence electrons. The smallest absolute Gasteiger partial charge is 0.303 e. The van der Waals surface area contributed by atoms with Crippen LogP contribution in [-0.2, 0) is 4.79 Å². The van der Waals surface area contributed by atoms with Gasteiger partial charge in [-0.2, -0.15) is 0 Å². The molecule has 0 aliphatic rings. The molecule has 0 aliphatic carbocycles. The van der Waals surface area contributed by atoms with Crippen molar-refractivity contribution in [2.75, 3.05) is 14.2 Å². The standard InChI is InChI=1S/C13H17ClO5/c1-18-10-7-6-8(13(19-2)12(10)14)9(15)4-3-5-11(16)17/h6-7,9,15H,3-5H2,1-2H3,(H,16,17)/t9-/m1/s1. The van der Waals surface area contributed by atoms with Gasteiger partial charge in [0, 0.05) is 12.0 Å². The highest BCUT2D eigenvalue weighted by Crippen LogP contribution is 2.40. The Bertz CT molecular complexity index is 447. The molecule has 5 nitrogen and oxygen atoms in total. The molecule has 2 N–H and O–H groups in total. The zero-order valence-corrected chi connectivity index (χ0v) is 11.6. The van der Waals surface area contributed by atoms with Crippen molar-refractivity contribution in [1.82, 2.24) is 0 Å². The fraction of sp³-hybridized carbons (Fsp3) is 0.462. The summed E-state index contributed by atoms with van der Waals surface area (Å²) >= 11 is 6.09. The quantitative estimate of drug-likeness (QED) is 0.806. The maximum atomic E-state index is 10.4. The predicted molar refractivity (Wildman–Crippen MR) is 71.0 cm³/mol. The Morgan fingerprint density at radius 3 is 2.58 bits per heavy atom. The summed E-state index contributed by atoms with van der Waals surface area (Å²) in [5.41, 5.74) is 0.527. The number of halogens is 1. The van der Waals surface area contributed by atoms with Gasteiger partial charge < -0.3 is 19.7 Å². The van der Waals surface area contributed by atoms with Crippen LogP contribution >= 0.6 is 11.6 Å². The van der Waals surface area contributed by atoms with E-state index in [0.29, 0.717) is 34.9 Å². The van der Waals surface area contributed by atoms with Crippen LogP contribution in [0.15, 0.2) is 12.1 Å². The van der Waals surface area contributed by atoms with Crippen LogP contribution in [0.25, 0.3) is 0 Å². The van der Waals surface area contributed by atoms with Crippen molar-refractivity contribution in [2.45, 2.75) is 25.4 Å². The first-order valence-electron chi connectivity index (χ1n) is 5.81. The monoisotopic (exact) mass is 288 g/mol. The Morgan fingerprint density at radius 2 is 2.05 bits per heavy atom. The summed E-state index contributed by atoms with van der Waals surface area (Å²) in [7, 11) is 2.94. The number of hydrogen-bond acceptors (Lipinski definition) is 4. The van der Waals surface area contributed by atoms with Crippen LogP contribution in [0.1, 0.15) is 30.9 Å². The van der Waals surface area contributed by atoms with Gasteiger partial charge in [-0.25, -0.2) is 0 Å². The van der Waals surface area contributed by atoms with Gasteiger partial charge >= 0.3 is 5.97 Å². The number of methoxy groups -OCH3 is 2. The number of carboxylic acids is 1. The van der Waals surface area contributed by atoms with Crippen LogP contribution in [0.3, 0.4) is 0 Å². The van der Waals surface area contributed by atoms with Crippen molar-refractivity contribution in [1.29, 1.82) is 0 Å². The van der Waals surface area contributed by atoms with Crippen LogP contribution < -0.4 is 9.47 Å². The highest BCUT2D eigenvalue weighted by Gasteiger charge is 2.19. The van der Waals surface area contributed by atoms with E-state index in [4.69, 9.17) is 26.2 Å². The van der Waals surface area contributed by atoms with Crippen molar-refractivity contribution in [3.05, 3.63) is 22.7 Å². The second kappa shape index (κ2) is 7.21. The minimum absolute atomic E-state index is 0.0171. The van der Waals surface area contributed by atoms with Gasteiger partial charge in [-0.05, 0) is 25.0 Å². The van der Waals surface area contributed by atoms with Crippen LogP contribution in [0, 0.1) is 0 Å². The molecule has 0 saturated heterocycles. The SMILES string of the molecule is COc1ccc([C@H](O)CCCC(=O)O)c(OC)c1Cl. The van der Waals surface area contributed by atoms with Gasteiger partial charge in [-0.15, -0.1) is 0 Å². The molecule has 1 rings (SSSR count). The lowest BCUT2D eigenvalue weighted by atomic mass is 10.0. The number of carboxylic acid groups (broad SMARTS) is 1. The molecule has 0 heterocycles. The summed E-state index contributed by atoms with van der Waals surface area (Å²) in [6.07, 6.45) is -0.101. The van der Waals surface area contributed by atoms with E-state index in [-0.39, 0.29) is 6.42 Å². The summed E-state index contributed by atoms with van der Waals surface area (Å²) in [5.74, 6) is -0.0734. The molecule has 0 fully saturated rings. The van der Waals surface area contributed by atoms with E-state index in [1.165, 1.54) is 14.2 Å². The molecule has 1 aromatic carbocycles. The summed E-state index contributed by atoms with van der Waals surface area (Å²) < 4.78 is 10.2. The van der Waals surface area contributed by atoms with Crippen LogP contribution in [0.2, 0.25) is 5.02 Å². The summed E-state index contributed by atoms with van der Waals surface area (Å²) in [6, 6.07) is 3.30. The zero-order valence-electron chi connectivity index (χ0n) is 10.9. The summed E-state index contributed by atoms with van der Waals surface area (Å²) in [5, 5.41) is 18.9. The number of hydrogen-bond donors (Lipinski definition) is 2. The first-order chi connectivity index (χ1) is 9.01. The Kier molecular flexibility index (Phi) is 5.92. The zero-order chi connectivity index (χ0) is 14.4. The number of rotatable bonds is 7. The molecular formula is C13H17ClO5. The second-order valence-corrected chi connectivity index (χ2v) is 4.38. The number of ether oxygens (including phenoxy) is 2. The van der Waals surface area contributed by atoms with Gasteiger partial charge in [-0.3, -0.25) is 4.79 Å². The van der Waals surface area contributed by atoms with E-state index < -0.39 is 12.1 Å². The van der Waals surface area contributed by atoms with E-state index in [1.807, 2.05) is 0 Å². The van der Waals surface area contributed by atoms with Crippen molar-refractivity contribution in [3.8, 4) is 11.5 Å². The molecule has 1 aromatic rings. The topological polar surface area (TPSA) is 76.0 Å². The highest BCUT2D eigenvalue weighted by atomic mass is 35.5. The van der Waals surface area contributed by atoms with Crippen LogP contribution in [0.4, 0.5) is 0 Å². The number of carbonyl (C=O) groups is 1. The largest absolute Gasteiger partial charge is 0.495 e. The maximum Gasteiger partial charge on any atom is 0.303 e. The highest BCUT2D eigenvalue weighted by molar-refractivity contribution is 6.33. The minimum atomic E-state index is -0.882. The lowest BCUT2D eigenvalue weighted by Gasteiger charge is -2.17. The molecule has 0 unspecified atom stereocenters. The molecule has 0 aromatic heterocycles. The van der Waals surface area contributed by atoms with Gasteiger partial charge in [-0.1, -0.05) is 11.6 Å². The van der Waals surface area contributed by atoms with Crippen molar-refractivity contribution >= 4 is 17.6 Å². The fourth-order valence-corrected chi connectivity index (χ4v) is 2.11. The molecule has 19 heavy (non-hydrogen) atoms. The van der Waals surface area contributed by atoms with Crippen LogP contribution in [0.5, 0.6) is 11.5 Å². The molecule has 0 bridgehead atoms. The average molecular weight is 289 g/mol. The molecule has 0 saturated carbocycles. The van der Waals surface area contributed by atoms with Crippen molar-refractivity contribution < 1.29 is 24.5 Å². The third-order valence-corrected chi connectivity index (χ3v) is 3.10. The van der Waals surface area contributed by atoms with Crippen molar-refractivity contribution in [2.24, 2.45) is 0 Å². The van der Waals surface area contributed by atoms with E-state index in [0.717, 1.165) is 0 Å². The normalized spacial score (nSPS) is 12.0. The van der Waals surface area contributed by atoms with E-state index in [2.05, 4.69) is 0 Å². The number of aliphatic hydroxyl groups is 1. The lowest BCUT2D eigenvalue weighted by Crippen LogP contribution is -2.03. The molecule has 6 heteroatoms. The number of benzene rings is 1. The van der Waals surface area contributed by atoms with Gasteiger partial charge in [0.05, 0.1) is 20.3 Å². The molecule has 0 spiro atoms. The maximum absolute atomic E-state index is 10.4. The van der Waals surface area contributed by atoms with Gasteiger partial charge in [0.25, 0.3) is 0 Å². The van der Waals surface area contributed by atoms with Crippen molar-refractivity contribution in [3.63, 3.8) is 0 Å². The predicted octanol–water partition coefficient (Wildman–Crippen LogP) is 2.65. The van der Waals surface area contributed by atoms with E-state index in [9.17, 15) is 9.90 Å². The Hall–Kier alpha value is -1.46. The minimum Gasteiger partial charge on any atom is -0.495 e. The fourth-order valence-electron chi connectivity index (χ4n) is 1.78. The molecule has 1 atom stereocenters. The molecule has 0 aliphatic heterocycles. The third kappa shape index (κ3) is 4.01. The van der Waals surface area contributed by atoms with E-state index >= 15 is 0 Å². The lowest BCUT2D eigenvalue weighted by molar-refractivity contribution is -0.137. The molecular weight excluding hydrogens is 272 g/mol. The van der Waals surface area contributed by atoms with Gasteiger partial charge in [0.1, 0.15) is 16.5 Å². The Morgan fingerprint density at radius 1 is 1.37 bits per heavy atom. The second-order valence-electron chi connectivity index (χ2n) is 4.01. The molecule has 0 radical (unpaired) electrons. The van der Waals surface area contributed by atoms with E-state index in [1.54, 1.807) is 12.1 Å². The first-order valence-corrected chi connectivity index (χ1v) is 6.19. The number of aliphatic carboxylic acids is 1. The number of aliphatic hydroxyl groups excluding tert-OH is 1. The third-order valence-electron chi connectivity index (χ3n) is 2.74. The Labute approximate surface area is 116 Å². The summed E-state index contributed by atoms with van der Waals surface area (Å²) in [6.45, 7) is 0. The average Bonchev–Trinajstić information content (AvgIpc) is 2.37. The van der Waals surface area contributed by atoms with Crippen LogP contribution in [-0.4, -0.2) is 30.4 Å². The van der Waals surface area contributed by atoms with Gasteiger partial charge in [0.15, 0.2) is 0 Å².